The molecule has 1 aliphatic heterocycles. The third-order valence-corrected chi connectivity index (χ3v) is 4.09. The first-order valence-electron chi connectivity index (χ1n) is 7.76. The highest BCUT2D eigenvalue weighted by Crippen LogP contribution is 2.13. The number of nitrogens with zero attached hydrogens (tertiary/aromatic N) is 2. The summed E-state index contributed by atoms with van der Waals surface area (Å²) in [6, 6.07) is 3.69. The number of carbonyl (C=O) groups is 1. The fraction of sp³-hybridized carbons (Fsp3) is 0.688. The Hall–Kier alpha value is -1.37. The maximum absolute atomic E-state index is 12.4. The lowest BCUT2D eigenvalue weighted by molar-refractivity contribution is -0.0562. The van der Waals surface area contributed by atoms with E-state index in [9.17, 15) is 4.79 Å². The molecule has 0 radical (unpaired) electrons. The summed E-state index contributed by atoms with van der Waals surface area (Å²) < 4.78 is 13.3. The number of rotatable bonds is 6. The SMILES string of the molecule is Cc1ccc(C(=O)N[C@H]2COCC[C@H]2OCCN(C)C)n1C. The minimum Gasteiger partial charge on any atom is -0.379 e. The van der Waals surface area contributed by atoms with Crippen molar-refractivity contribution < 1.29 is 14.3 Å². The number of likely N-dealkylation sites (N-methyl/N-ethyl adjacent to an activating group) is 1. The van der Waals surface area contributed by atoms with Crippen molar-refractivity contribution in [3.8, 4) is 0 Å². The predicted molar refractivity (Wildman–Crippen MR) is 85.1 cm³/mol. The van der Waals surface area contributed by atoms with E-state index in [4.69, 9.17) is 9.47 Å². The standard InChI is InChI=1S/C16H27N3O3/c1-12-5-6-14(19(12)4)16(20)17-13-11-21-9-7-15(13)22-10-8-18(2)3/h5-6,13,15H,7-11H2,1-4H3,(H,17,20)/t13-,15+/m0/s1. The Bertz CT molecular complexity index is 499. The molecule has 0 aromatic carbocycles. The van der Waals surface area contributed by atoms with E-state index in [1.165, 1.54) is 0 Å². The quantitative estimate of drug-likeness (QED) is 0.844. The maximum Gasteiger partial charge on any atom is 0.268 e. The van der Waals surface area contributed by atoms with E-state index in [1.54, 1.807) is 0 Å². The monoisotopic (exact) mass is 309 g/mol. The summed E-state index contributed by atoms with van der Waals surface area (Å²) in [6.07, 6.45) is 0.823. The Kier molecular flexibility index (Phi) is 5.99. The van der Waals surface area contributed by atoms with E-state index in [-0.39, 0.29) is 18.1 Å². The third kappa shape index (κ3) is 4.32. The van der Waals surface area contributed by atoms with Crippen molar-refractivity contribution in [3.05, 3.63) is 23.5 Å². The van der Waals surface area contributed by atoms with Crippen molar-refractivity contribution in [1.29, 1.82) is 0 Å². The second kappa shape index (κ2) is 7.76. The van der Waals surface area contributed by atoms with Crippen molar-refractivity contribution >= 4 is 5.91 Å². The van der Waals surface area contributed by atoms with E-state index in [0.717, 1.165) is 18.7 Å². The van der Waals surface area contributed by atoms with Crippen LogP contribution in [-0.4, -0.2) is 68.0 Å². The number of hydrogen-bond acceptors (Lipinski definition) is 4. The van der Waals surface area contributed by atoms with Crippen LogP contribution in [0, 0.1) is 6.92 Å². The first-order chi connectivity index (χ1) is 10.5. The van der Waals surface area contributed by atoms with Crippen LogP contribution in [0.1, 0.15) is 22.6 Å². The topological polar surface area (TPSA) is 55.7 Å². The first kappa shape index (κ1) is 17.0. The van der Waals surface area contributed by atoms with E-state index >= 15 is 0 Å². The minimum absolute atomic E-state index is 0.0130. The Balaban J connectivity index is 1.93. The molecule has 0 unspecified atom stereocenters. The van der Waals surface area contributed by atoms with Gasteiger partial charge in [-0.3, -0.25) is 4.79 Å². The van der Waals surface area contributed by atoms with Gasteiger partial charge >= 0.3 is 0 Å². The number of aryl methyl sites for hydroxylation is 1. The Labute approximate surface area is 132 Å². The molecule has 6 heteroatoms. The van der Waals surface area contributed by atoms with Gasteiger partial charge in [-0.2, -0.15) is 0 Å². The summed E-state index contributed by atoms with van der Waals surface area (Å²) in [6.45, 7) is 4.69. The fourth-order valence-corrected chi connectivity index (χ4v) is 2.52. The largest absolute Gasteiger partial charge is 0.379 e. The number of carbonyl (C=O) groups excluding carboxylic acids is 1. The molecular formula is C16H27N3O3. The highest BCUT2D eigenvalue weighted by molar-refractivity contribution is 5.93. The van der Waals surface area contributed by atoms with Gasteiger partial charge in [0, 0.05) is 25.9 Å². The molecule has 1 N–H and O–H groups in total. The van der Waals surface area contributed by atoms with Gasteiger partial charge in [0.2, 0.25) is 0 Å². The lowest BCUT2D eigenvalue weighted by atomic mass is 10.1. The smallest absolute Gasteiger partial charge is 0.268 e. The lowest BCUT2D eigenvalue weighted by Crippen LogP contribution is -2.51. The number of nitrogens with one attached hydrogen (secondary N) is 1. The molecule has 1 saturated heterocycles. The zero-order valence-corrected chi connectivity index (χ0v) is 14.0. The molecule has 0 saturated carbocycles. The second-order valence-corrected chi connectivity index (χ2v) is 6.08. The molecule has 22 heavy (non-hydrogen) atoms. The first-order valence-corrected chi connectivity index (χ1v) is 7.76. The molecule has 2 rings (SSSR count). The van der Waals surface area contributed by atoms with Crippen molar-refractivity contribution in [2.45, 2.75) is 25.5 Å². The van der Waals surface area contributed by atoms with Crippen molar-refractivity contribution in [2.75, 3.05) is 40.5 Å². The molecule has 0 bridgehead atoms. The fourth-order valence-electron chi connectivity index (χ4n) is 2.52. The molecule has 1 aromatic heterocycles. The third-order valence-electron chi connectivity index (χ3n) is 4.09. The summed E-state index contributed by atoms with van der Waals surface area (Å²) in [5.41, 5.74) is 1.72. The van der Waals surface area contributed by atoms with Crippen LogP contribution >= 0.6 is 0 Å². The van der Waals surface area contributed by atoms with Crippen LogP contribution in [0.15, 0.2) is 12.1 Å². The summed E-state index contributed by atoms with van der Waals surface area (Å²) in [5, 5.41) is 3.05. The minimum atomic E-state index is -0.0985. The van der Waals surface area contributed by atoms with Crippen LogP contribution in [0.5, 0.6) is 0 Å². The van der Waals surface area contributed by atoms with Gasteiger partial charge in [0.1, 0.15) is 5.69 Å². The van der Waals surface area contributed by atoms with Gasteiger partial charge in [-0.25, -0.2) is 0 Å². The van der Waals surface area contributed by atoms with Crippen molar-refractivity contribution in [3.63, 3.8) is 0 Å². The van der Waals surface area contributed by atoms with Gasteiger partial charge in [-0.05, 0) is 39.6 Å². The van der Waals surface area contributed by atoms with E-state index in [2.05, 4.69) is 10.2 Å². The molecule has 6 nitrogen and oxygen atoms in total. The summed E-state index contributed by atoms with van der Waals surface area (Å²) >= 11 is 0. The normalized spacial score (nSPS) is 22.0. The Morgan fingerprint density at radius 1 is 1.50 bits per heavy atom. The van der Waals surface area contributed by atoms with Gasteiger partial charge in [0.25, 0.3) is 5.91 Å². The lowest BCUT2D eigenvalue weighted by Gasteiger charge is -2.32. The molecule has 1 fully saturated rings. The van der Waals surface area contributed by atoms with Crippen LogP contribution in [0.4, 0.5) is 0 Å². The zero-order valence-electron chi connectivity index (χ0n) is 14.0. The molecule has 0 spiro atoms. The number of ether oxygens (including phenoxy) is 2. The van der Waals surface area contributed by atoms with Gasteiger partial charge in [0.05, 0.1) is 25.4 Å². The van der Waals surface area contributed by atoms with E-state index < -0.39 is 0 Å². The summed E-state index contributed by atoms with van der Waals surface area (Å²) in [4.78, 5) is 14.5. The predicted octanol–water partition coefficient (Wildman–Crippen LogP) is 0.799. The molecular weight excluding hydrogens is 282 g/mol. The van der Waals surface area contributed by atoms with Gasteiger partial charge in [-0.15, -0.1) is 0 Å². The van der Waals surface area contributed by atoms with Crippen LogP contribution in [-0.2, 0) is 16.5 Å². The highest BCUT2D eigenvalue weighted by Gasteiger charge is 2.28. The molecule has 124 valence electrons. The van der Waals surface area contributed by atoms with Crippen LogP contribution < -0.4 is 5.32 Å². The molecule has 0 aliphatic carbocycles. The number of amides is 1. The number of aromatic nitrogens is 1. The zero-order chi connectivity index (χ0) is 16.1. The second-order valence-electron chi connectivity index (χ2n) is 6.08. The summed E-state index contributed by atoms with van der Waals surface area (Å²) in [7, 11) is 5.93. The van der Waals surface area contributed by atoms with E-state index in [0.29, 0.717) is 25.5 Å². The Morgan fingerprint density at radius 2 is 2.27 bits per heavy atom. The molecule has 2 heterocycles. The molecule has 1 aliphatic rings. The van der Waals surface area contributed by atoms with Crippen molar-refractivity contribution in [1.82, 2.24) is 14.8 Å². The van der Waals surface area contributed by atoms with Crippen molar-refractivity contribution in [2.24, 2.45) is 7.05 Å². The van der Waals surface area contributed by atoms with Gasteiger partial charge in [-0.1, -0.05) is 0 Å². The van der Waals surface area contributed by atoms with Crippen LogP contribution in [0.3, 0.4) is 0 Å². The van der Waals surface area contributed by atoms with Crippen LogP contribution in [0.25, 0.3) is 0 Å². The maximum atomic E-state index is 12.4. The molecule has 1 amide bonds. The molecule has 2 atom stereocenters. The average Bonchev–Trinajstić information content (AvgIpc) is 2.80. The summed E-state index contributed by atoms with van der Waals surface area (Å²) in [5.74, 6) is -0.0766. The highest BCUT2D eigenvalue weighted by atomic mass is 16.5. The van der Waals surface area contributed by atoms with Gasteiger partial charge < -0.3 is 24.3 Å². The Morgan fingerprint density at radius 3 is 2.91 bits per heavy atom. The number of hydrogen-bond donors (Lipinski definition) is 1. The van der Waals surface area contributed by atoms with E-state index in [1.807, 2.05) is 44.8 Å². The average molecular weight is 309 g/mol. The van der Waals surface area contributed by atoms with Gasteiger partial charge in [0.15, 0.2) is 0 Å². The molecule has 1 aromatic rings. The van der Waals surface area contributed by atoms with Crippen LogP contribution in [0.2, 0.25) is 0 Å².